The van der Waals surface area contributed by atoms with Crippen molar-refractivity contribution in [2.24, 2.45) is 5.16 Å². The van der Waals surface area contributed by atoms with Crippen molar-refractivity contribution in [1.29, 1.82) is 0 Å². The molecule has 2 aromatic carbocycles. The molecule has 0 radical (unpaired) electrons. The Hall–Kier alpha value is -2.82. The molecule has 0 spiro atoms. The summed E-state index contributed by atoms with van der Waals surface area (Å²) in [6.45, 7) is 2.41. The van der Waals surface area contributed by atoms with Crippen LogP contribution in [-0.4, -0.2) is 25.8 Å². The van der Waals surface area contributed by atoms with Gasteiger partial charge in [-0.1, -0.05) is 41.6 Å². The monoisotopic (exact) mass is 312 g/mol. The fourth-order valence-electron chi connectivity index (χ4n) is 2.12. The van der Waals surface area contributed by atoms with E-state index in [1.54, 1.807) is 7.05 Å². The molecule has 2 aromatic rings. The summed E-state index contributed by atoms with van der Waals surface area (Å²) in [7, 11) is 2.97. The number of rotatable bonds is 6. The van der Waals surface area contributed by atoms with Gasteiger partial charge in [0.1, 0.15) is 19.5 Å². The van der Waals surface area contributed by atoms with Crippen LogP contribution in [0.2, 0.25) is 0 Å². The third-order valence-electron chi connectivity index (χ3n) is 3.31. The Morgan fingerprint density at radius 3 is 2.65 bits per heavy atom. The summed E-state index contributed by atoms with van der Waals surface area (Å²) in [5, 5.41) is 6.35. The number of carbonyl (C=O) groups is 1. The zero-order chi connectivity index (χ0) is 16.7. The highest BCUT2D eigenvalue weighted by atomic mass is 16.6. The average molecular weight is 312 g/mol. The maximum atomic E-state index is 11.9. The number of nitrogens with one attached hydrogen (secondary N) is 1. The normalized spacial score (nSPS) is 11.0. The molecule has 0 atom stereocenters. The molecule has 0 bridgehead atoms. The topological polar surface area (TPSA) is 59.9 Å². The predicted octanol–water partition coefficient (Wildman–Crippen LogP) is 2.67. The molecule has 1 N–H and O–H groups in total. The van der Waals surface area contributed by atoms with E-state index in [2.05, 4.69) is 10.5 Å². The number of hydrogen-bond acceptors (Lipinski definition) is 4. The molecule has 1 amide bonds. The third kappa shape index (κ3) is 4.32. The Bertz CT molecular complexity index is 711. The molecule has 0 fully saturated rings. The molecule has 0 aliphatic rings. The van der Waals surface area contributed by atoms with Crippen molar-refractivity contribution >= 4 is 11.6 Å². The molecule has 23 heavy (non-hydrogen) atoms. The second kappa shape index (κ2) is 7.98. The van der Waals surface area contributed by atoms with Crippen molar-refractivity contribution in [3.8, 4) is 5.75 Å². The van der Waals surface area contributed by atoms with Crippen molar-refractivity contribution in [3.63, 3.8) is 0 Å². The number of aryl methyl sites for hydroxylation is 1. The zero-order valence-electron chi connectivity index (χ0n) is 13.5. The van der Waals surface area contributed by atoms with Gasteiger partial charge in [-0.2, -0.15) is 0 Å². The highest BCUT2D eigenvalue weighted by molar-refractivity contribution is 6.45. The number of nitrogens with zero attached hydrogens (tertiary/aromatic N) is 1. The minimum atomic E-state index is -0.302. The lowest BCUT2D eigenvalue weighted by molar-refractivity contribution is -0.114. The summed E-state index contributed by atoms with van der Waals surface area (Å²) in [5.74, 6) is 0.541. The van der Waals surface area contributed by atoms with E-state index in [9.17, 15) is 4.79 Å². The molecule has 0 aliphatic carbocycles. The largest absolute Gasteiger partial charge is 0.489 e. The van der Waals surface area contributed by atoms with Gasteiger partial charge >= 0.3 is 0 Å². The number of benzene rings is 2. The maximum Gasteiger partial charge on any atom is 0.273 e. The van der Waals surface area contributed by atoms with Crippen molar-refractivity contribution in [2.75, 3.05) is 14.2 Å². The first-order valence-electron chi connectivity index (χ1n) is 7.26. The van der Waals surface area contributed by atoms with Crippen LogP contribution in [0.15, 0.2) is 53.7 Å². The fraction of sp³-hybridized carbons (Fsp3) is 0.222. The summed E-state index contributed by atoms with van der Waals surface area (Å²) < 4.78 is 5.83. The molecule has 5 nitrogen and oxygen atoms in total. The van der Waals surface area contributed by atoms with Crippen molar-refractivity contribution in [1.82, 2.24) is 5.32 Å². The Labute approximate surface area is 135 Å². The Balaban J connectivity index is 2.18. The first-order chi connectivity index (χ1) is 11.2. The summed E-state index contributed by atoms with van der Waals surface area (Å²) in [4.78, 5) is 16.6. The van der Waals surface area contributed by atoms with Gasteiger partial charge in [-0.15, -0.1) is 0 Å². The lowest BCUT2D eigenvalue weighted by atomic mass is 10.1. The highest BCUT2D eigenvalue weighted by Gasteiger charge is 2.14. The van der Waals surface area contributed by atoms with Gasteiger partial charge in [0.25, 0.3) is 5.91 Å². The summed E-state index contributed by atoms with van der Waals surface area (Å²) in [6.07, 6.45) is 0. The highest BCUT2D eigenvalue weighted by Crippen LogP contribution is 2.18. The van der Waals surface area contributed by atoms with Crippen LogP contribution in [0.25, 0.3) is 0 Å². The lowest BCUT2D eigenvalue weighted by Gasteiger charge is -2.10. The standard InChI is InChI=1S/C18H20N2O3/c1-13-7-4-5-10-16(13)23-12-14-8-6-9-15(11-14)17(20-22-3)18(21)19-2/h4-11H,12H2,1-3H3,(H,19,21). The lowest BCUT2D eigenvalue weighted by Crippen LogP contribution is -2.28. The van der Waals surface area contributed by atoms with E-state index < -0.39 is 0 Å². The molecule has 0 saturated heterocycles. The smallest absolute Gasteiger partial charge is 0.273 e. The maximum absolute atomic E-state index is 11.9. The molecule has 0 saturated carbocycles. The third-order valence-corrected chi connectivity index (χ3v) is 3.31. The average Bonchev–Trinajstić information content (AvgIpc) is 2.58. The van der Waals surface area contributed by atoms with E-state index in [0.717, 1.165) is 16.9 Å². The van der Waals surface area contributed by atoms with E-state index in [1.165, 1.54) is 7.11 Å². The van der Waals surface area contributed by atoms with Crippen LogP contribution in [-0.2, 0) is 16.2 Å². The van der Waals surface area contributed by atoms with E-state index in [-0.39, 0.29) is 11.6 Å². The molecular weight excluding hydrogens is 292 g/mol. The quantitative estimate of drug-likeness (QED) is 0.659. The molecule has 0 aromatic heterocycles. The van der Waals surface area contributed by atoms with Gasteiger partial charge in [0, 0.05) is 12.6 Å². The Morgan fingerprint density at radius 1 is 1.17 bits per heavy atom. The first kappa shape index (κ1) is 16.5. The minimum absolute atomic E-state index is 0.229. The second-order valence-corrected chi connectivity index (χ2v) is 4.96. The van der Waals surface area contributed by atoms with E-state index in [1.807, 2.05) is 55.5 Å². The Morgan fingerprint density at radius 2 is 1.96 bits per heavy atom. The molecule has 2 rings (SSSR count). The molecule has 0 unspecified atom stereocenters. The number of oxime groups is 1. The summed E-state index contributed by atoms with van der Waals surface area (Å²) in [5.41, 5.74) is 2.93. The molecular formula is C18H20N2O3. The van der Waals surface area contributed by atoms with Crippen LogP contribution in [0.4, 0.5) is 0 Å². The second-order valence-electron chi connectivity index (χ2n) is 4.96. The number of likely N-dealkylation sites (N-methyl/N-ethyl adjacent to an activating group) is 1. The van der Waals surface area contributed by atoms with E-state index in [4.69, 9.17) is 9.57 Å². The van der Waals surface area contributed by atoms with Gasteiger partial charge in [0.2, 0.25) is 0 Å². The van der Waals surface area contributed by atoms with Crippen LogP contribution in [0.3, 0.4) is 0 Å². The number of ether oxygens (including phenoxy) is 1. The van der Waals surface area contributed by atoms with Gasteiger partial charge in [-0.3, -0.25) is 4.79 Å². The van der Waals surface area contributed by atoms with E-state index >= 15 is 0 Å². The van der Waals surface area contributed by atoms with Crippen molar-refractivity contribution < 1.29 is 14.4 Å². The molecule has 0 heterocycles. The van der Waals surface area contributed by atoms with Crippen molar-refractivity contribution in [2.45, 2.75) is 13.5 Å². The molecule has 5 heteroatoms. The van der Waals surface area contributed by atoms with Gasteiger partial charge in [-0.05, 0) is 30.2 Å². The number of para-hydroxylation sites is 1. The zero-order valence-corrected chi connectivity index (χ0v) is 13.5. The molecule has 120 valence electrons. The summed E-state index contributed by atoms with van der Waals surface area (Å²) >= 11 is 0. The predicted molar refractivity (Wildman–Crippen MR) is 89.6 cm³/mol. The number of carbonyl (C=O) groups excluding carboxylic acids is 1. The van der Waals surface area contributed by atoms with Crippen molar-refractivity contribution in [3.05, 3.63) is 65.2 Å². The molecule has 0 aliphatic heterocycles. The van der Waals surface area contributed by atoms with Crippen LogP contribution in [0.1, 0.15) is 16.7 Å². The Kier molecular flexibility index (Phi) is 5.74. The summed E-state index contributed by atoms with van der Waals surface area (Å²) in [6, 6.07) is 15.3. The van der Waals surface area contributed by atoms with Gasteiger partial charge in [0.15, 0.2) is 5.71 Å². The van der Waals surface area contributed by atoms with Crippen LogP contribution < -0.4 is 10.1 Å². The van der Waals surface area contributed by atoms with E-state index in [0.29, 0.717) is 12.2 Å². The van der Waals surface area contributed by atoms with Gasteiger partial charge < -0.3 is 14.9 Å². The fourth-order valence-corrected chi connectivity index (χ4v) is 2.12. The van der Waals surface area contributed by atoms with Gasteiger partial charge in [0.05, 0.1) is 0 Å². The number of hydrogen-bond donors (Lipinski definition) is 1. The van der Waals surface area contributed by atoms with Crippen LogP contribution in [0, 0.1) is 6.92 Å². The van der Waals surface area contributed by atoms with Gasteiger partial charge in [-0.25, -0.2) is 0 Å². The van der Waals surface area contributed by atoms with Crippen LogP contribution in [0.5, 0.6) is 5.75 Å². The minimum Gasteiger partial charge on any atom is -0.489 e. The number of amides is 1. The first-order valence-corrected chi connectivity index (χ1v) is 7.26. The van der Waals surface area contributed by atoms with Crippen LogP contribution >= 0.6 is 0 Å². The SMILES string of the molecule is CNC(=O)C(=NOC)c1cccc(COc2ccccc2C)c1.